The molecule has 3 unspecified atom stereocenters. The predicted molar refractivity (Wildman–Crippen MR) is 99.6 cm³/mol. The highest BCUT2D eigenvalue weighted by Gasteiger charge is 2.33. The molecule has 0 bridgehead atoms. The van der Waals surface area contributed by atoms with Crippen molar-refractivity contribution in [1.82, 2.24) is 0 Å². The lowest BCUT2D eigenvalue weighted by atomic mass is 9.92. The Morgan fingerprint density at radius 1 is 1.26 bits per heavy atom. The van der Waals surface area contributed by atoms with E-state index >= 15 is 0 Å². The zero-order valence-corrected chi connectivity index (χ0v) is 15.3. The lowest BCUT2D eigenvalue weighted by Gasteiger charge is -2.19. The normalized spacial score (nSPS) is 17.2. The zero-order chi connectivity index (χ0) is 16.6. The van der Waals surface area contributed by atoms with Gasteiger partial charge in [0.1, 0.15) is 0 Å². The molecule has 2 nitrogen and oxygen atoms in total. The number of rotatable bonds is 3. The van der Waals surface area contributed by atoms with E-state index in [9.17, 15) is 9.18 Å². The highest BCUT2D eigenvalue weighted by atomic mass is 31.1. The van der Waals surface area contributed by atoms with Gasteiger partial charge in [0.2, 0.25) is 5.91 Å². The van der Waals surface area contributed by atoms with Crippen molar-refractivity contribution in [2.75, 3.05) is 11.4 Å². The van der Waals surface area contributed by atoms with Crippen LogP contribution in [0.4, 0.5) is 10.1 Å². The van der Waals surface area contributed by atoms with Crippen molar-refractivity contribution in [2.45, 2.75) is 24.4 Å². The van der Waals surface area contributed by atoms with Crippen LogP contribution in [0.15, 0.2) is 48.5 Å². The molecule has 1 aliphatic rings. The maximum atomic E-state index is 14.2. The SMILES string of the molecule is CCC(=O)N1CC(c2cccc(C(F)(P)P)c2)c2ccccc21. The summed E-state index contributed by atoms with van der Waals surface area (Å²) in [4.78, 5) is 14.1. The van der Waals surface area contributed by atoms with E-state index in [0.29, 0.717) is 18.5 Å². The number of fused-ring (bicyclic) bond motifs is 1. The van der Waals surface area contributed by atoms with Crippen LogP contribution in [0.5, 0.6) is 0 Å². The molecule has 1 heterocycles. The molecule has 3 rings (SSSR count). The summed E-state index contributed by atoms with van der Waals surface area (Å²) in [6.45, 7) is 2.49. The van der Waals surface area contributed by atoms with Crippen molar-refractivity contribution in [3.8, 4) is 0 Å². The molecule has 0 spiro atoms. The summed E-state index contributed by atoms with van der Waals surface area (Å²) < 4.78 is 14.2. The van der Waals surface area contributed by atoms with Crippen molar-refractivity contribution >= 4 is 30.1 Å². The van der Waals surface area contributed by atoms with E-state index in [1.807, 2.05) is 48.2 Å². The Morgan fingerprint density at radius 2 is 2.00 bits per heavy atom. The number of para-hydroxylation sites is 1. The van der Waals surface area contributed by atoms with E-state index in [-0.39, 0.29) is 11.8 Å². The largest absolute Gasteiger partial charge is 0.311 e. The van der Waals surface area contributed by atoms with Gasteiger partial charge in [0.15, 0.2) is 5.15 Å². The molecule has 1 aliphatic heterocycles. The van der Waals surface area contributed by atoms with E-state index in [0.717, 1.165) is 16.8 Å². The number of carbonyl (C=O) groups excluding carboxylic acids is 1. The predicted octanol–water partition coefficient (Wildman–Crippen LogP) is 4.41. The fraction of sp³-hybridized carbons (Fsp3) is 0.278. The average molecular weight is 347 g/mol. The second-order valence-corrected chi connectivity index (χ2v) is 8.21. The van der Waals surface area contributed by atoms with Crippen LogP contribution in [0.25, 0.3) is 0 Å². The summed E-state index contributed by atoms with van der Waals surface area (Å²) in [6.07, 6.45) is 0.478. The third-order valence-electron chi connectivity index (χ3n) is 4.30. The topological polar surface area (TPSA) is 20.3 Å². The van der Waals surface area contributed by atoms with Crippen LogP contribution >= 0.6 is 18.5 Å². The number of hydrogen-bond donors (Lipinski definition) is 0. The summed E-state index contributed by atoms with van der Waals surface area (Å²) in [5.41, 5.74) is 3.73. The molecular formula is C18H20FNOP2. The van der Waals surface area contributed by atoms with Crippen molar-refractivity contribution in [2.24, 2.45) is 0 Å². The number of halogens is 1. The van der Waals surface area contributed by atoms with Gasteiger partial charge in [-0.25, -0.2) is 4.39 Å². The lowest BCUT2D eigenvalue weighted by molar-refractivity contribution is -0.118. The first-order valence-corrected chi connectivity index (χ1v) is 8.83. The van der Waals surface area contributed by atoms with Crippen LogP contribution in [0.2, 0.25) is 0 Å². The fourth-order valence-corrected chi connectivity index (χ4v) is 3.47. The second-order valence-electron chi connectivity index (χ2n) is 5.86. The molecule has 0 aliphatic carbocycles. The van der Waals surface area contributed by atoms with Crippen LogP contribution in [-0.2, 0) is 9.95 Å². The molecular weight excluding hydrogens is 327 g/mol. The minimum absolute atomic E-state index is 0.0824. The van der Waals surface area contributed by atoms with Crippen LogP contribution in [0.1, 0.15) is 36.0 Å². The fourth-order valence-electron chi connectivity index (χ4n) is 3.11. The Bertz CT molecular complexity index is 742. The monoisotopic (exact) mass is 347 g/mol. The van der Waals surface area contributed by atoms with Gasteiger partial charge in [-0.05, 0) is 22.8 Å². The minimum atomic E-state index is -1.53. The van der Waals surface area contributed by atoms with Gasteiger partial charge >= 0.3 is 0 Å². The maximum Gasteiger partial charge on any atom is 0.226 e. The molecule has 0 radical (unpaired) electrons. The number of carbonyl (C=O) groups is 1. The number of hydrogen-bond acceptors (Lipinski definition) is 1. The number of nitrogens with zero attached hydrogens (tertiary/aromatic N) is 1. The Kier molecular flexibility index (Phi) is 4.54. The van der Waals surface area contributed by atoms with Gasteiger partial charge in [-0.2, -0.15) is 0 Å². The highest BCUT2D eigenvalue weighted by molar-refractivity contribution is 7.38. The Labute approximate surface area is 140 Å². The van der Waals surface area contributed by atoms with Gasteiger partial charge in [0.05, 0.1) is 0 Å². The first-order valence-electron chi connectivity index (χ1n) is 7.68. The van der Waals surface area contributed by atoms with E-state index < -0.39 is 5.15 Å². The molecule has 2 aromatic carbocycles. The molecule has 5 heteroatoms. The smallest absolute Gasteiger partial charge is 0.226 e. The first kappa shape index (κ1) is 16.6. The van der Waals surface area contributed by atoms with Gasteiger partial charge in [-0.3, -0.25) is 4.79 Å². The van der Waals surface area contributed by atoms with Gasteiger partial charge in [0, 0.05) is 24.6 Å². The van der Waals surface area contributed by atoms with Crippen molar-refractivity contribution < 1.29 is 9.18 Å². The summed E-state index contributed by atoms with van der Waals surface area (Å²) >= 11 is 0. The Morgan fingerprint density at radius 3 is 2.70 bits per heavy atom. The molecule has 1 amide bonds. The molecule has 2 aromatic rings. The molecule has 0 fully saturated rings. The van der Waals surface area contributed by atoms with Crippen LogP contribution in [0.3, 0.4) is 0 Å². The van der Waals surface area contributed by atoms with Crippen molar-refractivity contribution in [1.29, 1.82) is 0 Å². The number of benzene rings is 2. The van der Waals surface area contributed by atoms with Gasteiger partial charge in [-0.15, -0.1) is 0 Å². The highest BCUT2D eigenvalue weighted by Crippen LogP contribution is 2.44. The van der Waals surface area contributed by atoms with Crippen LogP contribution in [-0.4, -0.2) is 12.5 Å². The van der Waals surface area contributed by atoms with Gasteiger partial charge in [-0.1, -0.05) is 67.9 Å². The number of anilines is 1. The van der Waals surface area contributed by atoms with E-state index in [2.05, 4.69) is 24.5 Å². The molecule has 120 valence electrons. The van der Waals surface area contributed by atoms with E-state index in [4.69, 9.17) is 0 Å². The van der Waals surface area contributed by atoms with E-state index in [1.54, 1.807) is 6.07 Å². The summed E-state index contributed by atoms with van der Waals surface area (Å²) in [7, 11) is 4.41. The lowest BCUT2D eigenvalue weighted by Crippen LogP contribution is -2.29. The third kappa shape index (κ3) is 3.18. The molecule has 0 aromatic heterocycles. The minimum Gasteiger partial charge on any atom is -0.311 e. The molecule has 23 heavy (non-hydrogen) atoms. The Hall–Kier alpha value is -1.30. The number of alkyl halides is 1. The van der Waals surface area contributed by atoms with E-state index in [1.165, 1.54) is 0 Å². The maximum absolute atomic E-state index is 14.2. The third-order valence-corrected chi connectivity index (χ3v) is 4.97. The summed E-state index contributed by atoms with van der Waals surface area (Å²) in [5, 5.41) is -1.53. The van der Waals surface area contributed by atoms with Gasteiger partial charge in [0.25, 0.3) is 0 Å². The van der Waals surface area contributed by atoms with Gasteiger partial charge < -0.3 is 4.90 Å². The quantitative estimate of drug-likeness (QED) is 0.754. The second kappa shape index (κ2) is 6.30. The first-order chi connectivity index (χ1) is 10.9. The molecule has 3 atom stereocenters. The molecule has 0 N–H and O–H groups in total. The van der Waals surface area contributed by atoms with Crippen molar-refractivity contribution in [3.05, 3.63) is 65.2 Å². The Balaban J connectivity index is 2.03. The molecule has 0 saturated heterocycles. The average Bonchev–Trinajstić information content (AvgIpc) is 2.93. The standard InChI is InChI=1S/C18H20FNOP2/c1-2-17(21)20-11-15(14-8-3-4-9-16(14)20)12-6-5-7-13(10-12)18(19,22)23/h3-10,15H,2,11,22-23H2,1H3. The summed E-state index contributed by atoms with van der Waals surface area (Å²) in [6, 6.07) is 15.5. The molecule has 0 saturated carbocycles. The summed E-state index contributed by atoms with van der Waals surface area (Å²) in [5.74, 6) is 0.201. The van der Waals surface area contributed by atoms with Crippen molar-refractivity contribution in [3.63, 3.8) is 0 Å². The zero-order valence-electron chi connectivity index (χ0n) is 13.0. The number of amides is 1. The van der Waals surface area contributed by atoms with Crippen LogP contribution < -0.4 is 4.90 Å². The van der Waals surface area contributed by atoms with Crippen LogP contribution in [0, 0.1) is 0 Å².